The van der Waals surface area contributed by atoms with E-state index in [9.17, 15) is 14.4 Å². The summed E-state index contributed by atoms with van der Waals surface area (Å²) in [5, 5.41) is 0. The third kappa shape index (κ3) is 53.4. The molecule has 0 N–H and O–H groups in total. The molecule has 0 rings (SSSR count). The van der Waals surface area contributed by atoms with Gasteiger partial charge >= 0.3 is 17.9 Å². The van der Waals surface area contributed by atoms with Crippen LogP contribution in [-0.4, -0.2) is 37.2 Å². The van der Waals surface area contributed by atoms with Crippen LogP contribution in [0.5, 0.6) is 0 Å². The molecule has 0 saturated carbocycles. The highest BCUT2D eigenvalue weighted by molar-refractivity contribution is 5.71. The van der Waals surface area contributed by atoms with Crippen LogP contribution in [0.3, 0.4) is 0 Å². The van der Waals surface area contributed by atoms with E-state index in [0.29, 0.717) is 19.3 Å². The third-order valence-corrected chi connectivity index (χ3v) is 13.9. The van der Waals surface area contributed by atoms with E-state index in [0.717, 1.165) is 57.8 Å². The van der Waals surface area contributed by atoms with Crippen molar-refractivity contribution in [3.05, 3.63) is 0 Å². The lowest BCUT2D eigenvalue weighted by atomic mass is 10.0. The molecule has 0 heterocycles. The molecular weight excluding hydrogens is 817 g/mol. The van der Waals surface area contributed by atoms with Crippen LogP contribution in [0.4, 0.5) is 0 Å². The molecule has 0 fully saturated rings. The van der Waals surface area contributed by atoms with Crippen LogP contribution >= 0.6 is 0 Å². The molecule has 0 radical (unpaired) electrons. The summed E-state index contributed by atoms with van der Waals surface area (Å²) >= 11 is 0. The molecule has 0 amide bonds. The number of rotatable bonds is 56. The van der Waals surface area contributed by atoms with Gasteiger partial charge in [-0.1, -0.05) is 310 Å². The van der Waals surface area contributed by atoms with Gasteiger partial charge in [-0.05, 0) is 19.3 Å². The Bertz CT molecular complexity index is 982. The molecule has 0 aromatic carbocycles. The molecule has 6 heteroatoms. The van der Waals surface area contributed by atoms with Gasteiger partial charge in [0.15, 0.2) is 6.10 Å². The zero-order chi connectivity index (χ0) is 47.9. The van der Waals surface area contributed by atoms with Gasteiger partial charge in [0, 0.05) is 19.3 Å². The molecule has 0 aliphatic carbocycles. The van der Waals surface area contributed by atoms with E-state index < -0.39 is 6.10 Å². The second kappa shape index (κ2) is 56.0. The van der Waals surface area contributed by atoms with Crippen molar-refractivity contribution >= 4 is 17.9 Å². The minimum absolute atomic E-state index is 0.0608. The monoisotopic (exact) mass is 933 g/mol. The van der Waals surface area contributed by atoms with Gasteiger partial charge in [-0.3, -0.25) is 14.4 Å². The van der Waals surface area contributed by atoms with Crippen molar-refractivity contribution < 1.29 is 28.6 Å². The highest BCUT2D eigenvalue weighted by Gasteiger charge is 2.19. The normalized spacial score (nSPS) is 11.9. The molecule has 0 aromatic heterocycles. The molecule has 0 aliphatic rings. The maximum absolute atomic E-state index is 12.9. The van der Waals surface area contributed by atoms with Crippen LogP contribution in [0, 0.1) is 0 Å². The maximum atomic E-state index is 12.9. The Kier molecular flexibility index (Phi) is 54.7. The summed E-state index contributed by atoms with van der Waals surface area (Å²) in [6.07, 6.45) is 62.3. The minimum Gasteiger partial charge on any atom is -0.462 e. The standard InChI is InChI=1S/C60H116O6/c1-4-7-10-13-16-19-22-25-28-29-30-33-35-38-41-44-47-50-53-59(62)65-56-57(66-60(63)54-51-48-45-42-39-36-32-27-24-21-18-15-12-9-6-3)55-64-58(61)52-49-46-43-40-37-34-31-26-23-20-17-14-11-8-5-2/h57H,4-56H2,1-3H3/t57-/m0/s1. The van der Waals surface area contributed by atoms with E-state index in [2.05, 4.69) is 20.8 Å². The second-order valence-electron chi connectivity index (χ2n) is 20.6. The van der Waals surface area contributed by atoms with E-state index in [1.165, 1.54) is 250 Å². The number of carbonyl (C=O) groups is 3. The molecule has 392 valence electrons. The van der Waals surface area contributed by atoms with Gasteiger partial charge in [0.2, 0.25) is 0 Å². The first-order valence-corrected chi connectivity index (χ1v) is 30.0. The van der Waals surface area contributed by atoms with Crippen LogP contribution in [0.2, 0.25) is 0 Å². The molecule has 0 aliphatic heterocycles. The zero-order valence-corrected chi connectivity index (χ0v) is 45.0. The average molecular weight is 934 g/mol. The van der Waals surface area contributed by atoms with Crippen molar-refractivity contribution in [1.29, 1.82) is 0 Å². The molecule has 6 nitrogen and oxygen atoms in total. The van der Waals surface area contributed by atoms with Gasteiger partial charge in [0.25, 0.3) is 0 Å². The van der Waals surface area contributed by atoms with E-state index in [-0.39, 0.29) is 31.1 Å². The average Bonchev–Trinajstić information content (AvgIpc) is 3.31. The third-order valence-electron chi connectivity index (χ3n) is 13.9. The van der Waals surface area contributed by atoms with Crippen LogP contribution in [0.1, 0.15) is 348 Å². The molecule has 0 aromatic rings. The van der Waals surface area contributed by atoms with Gasteiger partial charge in [-0.15, -0.1) is 0 Å². The van der Waals surface area contributed by atoms with Crippen molar-refractivity contribution in [1.82, 2.24) is 0 Å². The number of ether oxygens (including phenoxy) is 3. The van der Waals surface area contributed by atoms with E-state index in [1.54, 1.807) is 0 Å². The molecule has 1 atom stereocenters. The fourth-order valence-corrected chi connectivity index (χ4v) is 9.33. The molecule has 0 spiro atoms. The first-order chi connectivity index (χ1) is 32.5. The fraction of sp³-hybridized carbons (Fsp3) is 0.950. The highest BCUT2D eigenvalue weighted by Crippen LogP contribution is 2.18. The Hall–Kier alpha value is -1.59. The van der Waals surface area contributed by atoms with Crippen LogP contribution in [-0.2, 0) is 28.6 Å². The molecule has 0 unspecified atom stereocenters. The predicted molar refractivity (Wildman–Crippen MR) is 284 cm³/mol. The molecule has 0 saturated heterocycles. The summed E-state index contributed by atoms with van der Waals surface area (Å²) < 4.78 is 16.9. The summed E-state index contributed by atoms with van der Waals surface area (Å²) in [5.74, 6) is -0.829. The summed E-state index contributed by atoms with van der Waals surface area (Å²) in [5.41, 5.74) is 0. The Labute approximate surface area is 412 Å². The maximum Gasteiger partial charge on any atom is 0.306 e. The Balaban J connectivity index is 4.28. The van der Waals surface area contributed by atoms with Gasteiger partial charge in [-0.2, -0.15) is 0 Å². The minimum atomic E-state index is -0.761. The van der Waals surface area contributed by atoms with E-state index in [4.69, 9.17) is 14.2 Å². The van der Waals surface area contributed by atoms with Crippen molar-refractivity contribution in [3.63, 3.8) is 0 Å². The summed E-state index contributed by atoms with van der Waals surface area (Å²) in [6, 6.07) is 0. The van der Waals surface area contributed by atoms with Crippen LogP contribution in [0.25, 0.3) is 0 Å². The highest BCUT2D eigenvalue weighted by atomic mass is 16.6. The quantitative estimate of drug-likeness (QED) is 0.0343. The number of hydrogen-bond donors (Lipinski definition) is 0. The van der Waals surface area contributed by atoms with Gasteiger partial charge < -0.3 is 14.2 Å². The summed E-state index contributed by atoms with van der Waals surface area (Å²) in [6.45, 7) is 6.72. The predicted octanol–water partition coefficient (Wildman–Crippen LogP) is 19.9. The fourth-order valence-electron chi connectivity index (χ4n) is 9.33. The van der Waals surface area contributed by atoms with Crippen molar-refractivity contribution in [2.45, 2.75) is 354 Å². The number of hydrogen-bond acceptors (Lipinski definition) is 6. The first-order valence-electron chi connectivity index (χ1n) is 30.0. The SMILES string of the molecule is CCCCCCCCCCCCCCCCCCCCC(=O)OC[C@H](COC(=O)CCCCCCCCCCCCCCCCC)OC(=O)CCCCCCCCCCCCCCCCC. The van der Waals surface area contributed by atoms with Crippen LogP contribution < -0.4 is 0 Å². The topological polar surface area (TPSA) is 78.9 Å². The lowest BCUT2D eigenvalue weighted by Gasteiger charge is -2.18. The van der Waals surface area contributed by atoms with Crippen LogP contribution in [0.15, 0.2) is 0 Å². The van der Waals surface area contributed by atoms with Gasteiger partial charge in [-0.25, -0.2) is 0 Å². The van der Waals surface area contributed by atoms with Crippen molar-refractivity contribution in [2.75, 3.05) is 13.2 Å². The van der Waals surface area contributed by atoms with E-state index in [1.807, 2.05) is 0 Å². The lowest BCUT2D eigenvalue weighted by Crippen LogP contribution is -2.30. The van der Waals surface area contributed by atoms with Crippen molar-refractivity contribution in [3.8, 4) is 0 Å². The van der Waals surface area contributed by atoms with Crippen molar-refractivity contribution in [2.24, 2.45) is 0 Å². The summed E-state index contributed by atoms with van der Waals surface area (Å²) in [4.78, 5) is 38.2. The number of unbranched alkanes of at least 4 members (excludes halogenated alkanes) is 45. The smallest absolute Gasteiger partial charge is 0.306 e. The van der Waals surface area contributed by atoms with E-state index >= 15 is 0 Å². The zero-order valence-electron chi connectivity index (χ0n) is 45.0. The van der Waals surface area contributed by atoms with Gasteiger partial charge in [0.05, 0.1) is 0 Å². The largest absolute Gasteiger partial charge is 0.462 e. The number of carbonyl (C=O) groups excluding carboxylic acids is 3. The molecule has 0 bridgehead atoms. The Morgan fingerprint density at radius 1 is 0.242 bits per heavy atom. The summed E-state index contributed by atoms with van der Waals surface area (Å²) in [7, 11) is 0. The first kappa shape index (κ1) is 64.4. The molecular formula is C60H116O6. The Morgan fingerprint density at radius 3 is 0.606 bits per heavy atom. The second-order valence-corrected chi connectivity index (χ2v) is 20.6. The molecule has 66 heavy (non-hydrogen) atoms. The lowest BCUT2D eigenvalue weighted by molar-refractivity contribution is -0.167. The number of esters is 3. The van der Waals surface area contributed by atoms with Gasteiger partial charge in [0.1, 0.15) is 13.2 Å². The Morgan fingerprint density at radius 2 is 0.409 bits per heavy atom.